The molecule has 2 atom stereocenters. The molecule has 0 aromatic heterocycles. The van der Waals surface area contributed by atoms with E-state index in [0.717, 1.165) is 16.8 Å². The van der Waals surface area contributed by atoms with Crippen molar-refractivity contribution in [1.29, 1.82) is 0 Å². The third-order valence-electron chi connectivity index (χ3n) is 5.28. The van der Waals surface area contributed by atoms with E-state index in [0.29, 0.717) is 22.8 Å². The summed E-state index contributed by atoms with van der Waals surface area (Å²) in [5, 5.41) is 7.31. The molecule has 0 spiro atoms. The van der Waals surface area contributed by atoms with E-state index in [9.17, 15) is 8.78 Å². The maximum Gasteiger partial charge on any atom is 0.387 e. The molecule has 4 nitrogen and oxygen atoms in total. The van der Waals surface area contributed by atoms with E-state index in [1.165, 1.54) is 6.07 Å². The first-order valence-corrected chi connectivity index (χ1v) is 9.89. The standard InChI is InChI=1S/C23H17ClF2N2O2/c24-15-11-9-14(10-12-15)18-13-19-16-5-1-3-7-20(16)29-22(28(19)27-18)17-6-2-4-8-21(17)30-23(25)26/h1-12,19,22-23H,13H2. The van der Waals surface area contributed by atoms with Crippen LogP contribution in [0.4, 0.5) is 8.78 Å². The summed E-state index contributed by atoms with van der Waals surface area (Å²) in [4.78, 5) is 0. The van der Waals surface area contributed by atoms with Crippen LogP contribution in [0.15, 0.2) is 77.9 Å². The Morgan fingerprint density at radius 2 is 1.67 bits per heavy atom. The third-order valence-corrected chi connectivity index (χ3v) is 5.53. The molecule has 0 aliphatic carbocycles. The molecule has 3 aromatic rings. The number of ether oxygens (including phenoxy) is 2. The van der Waals surface area contributed by atoms with Crippen LogP contribution in [-0.2, 0) is 0 Å². The van der Waals surface area contributed by atoms with E-state index in [2.05, 4.69) is 0 Å². The molecule has 0 bridgehead atoms. The Morgan fingerprint density at radius 1 is 0.967 bits per heavy atom. The summed E-state index contributed by atoms with van der Waals surface area (Å²) in [6.45, 7) is -2.93. The molecule has 2 unspecified atom stereocenters. The van der Waals surface area contributed by atoms with Crippen molar-refractivity contribution < 1.29 is 18.3 Å². The zero-order valence-electron chi connectivity index (χ0n) is 15.7. The predicted octanol–water partition coefficient (Wildman–Crippen LogP) is 6.18. The van der Waals surface area contributed by atoms with Crippen LogP contribution in [-0.4, -0.2) is 17.3 Å². The summed E-state index contributed by atoms with van der Waals surface area (Å²) in [6, 6.07) is 21.8. The van der Waals surface area contributed by atoms with Crippen LogP contribution in [0.3, 0.4) is 0 Å². The first-order valence-electron chi connectivity index (χ1n) is 9.51. The van der Waals surface area contributed by atoms with Crippen molar-refractivity contribution >= 4 is 17.3 Å². The van der Waals surface area contributed by atoms with Gasteiger partial charge < -0.3 is 9.47 Å². The number of alkyl halides is 2. The lowest BCUT2D eigenvalue weighted by atomic mass is 9.96. The zero-order valence-corrected chi connectivity index (χ0v) is 16.5. The smallest absolute Gasteiger partial charge is 0.387 e. The first-order chi connectivity index (χ1) is 14.6. The summed E-state index contributed by atoms with van der Waals surface area (Å²) >= 11 is 6.02. The van der Waals surface area contributed by atoms with Gasteiger partial charge in [0.2, 0.25) is 6.23 Å². The highest BCUT2D eigenvalue weighted by Crippen LogP contribution is 2.48. The van der Waals surface area contributed by atoms with Gasteiger partial charge in [-0.25, -0.2) is 5.01 Å². The quantitative estimate of drug-likeness (QED) is 0.499. The van der Waals surface area contributed by atoms with Crippen molar-refractivity contribution in [3.8, 4) is 11.5 Å². The van der Waals surface area contributed by atoms with E-state index >= 15 is 0 Å². The lowest BCUT2D eigenvalue weighted by molar-refractivity contribution is -0.0578. The number of para-hydroxylation sites is 2. The van der Waals surface area contributed by atoms with E-state index in [1.807, 2.05) is 53.5 Å². The molecule has 0 N–H and O–H groups in total. The van der Waals surface area contributed by atoms with Crippen molar-refractivity contribution in [2.45, 2.75) is 25.3 Å². The minimum absolute atomic E-state index is 0.0748. The van der Waals surface area contributed by atoms with Crippen LogP contribution in [0.5, 0.6) is 11.5 Å². The average Bonchev–Trinajstić information content (AvgIpc) is 3.19. The monoisotopic (exact) mass is 426 g/mol. The van der Waals surface area contributed by atoms with Gasteiger partial charge in [-0.3, -0.25) is 0 Å². The molecule has 0 saturated carbocycles. The fraction of sp³-hybridized carbons (Fsp3) is 0.174. The zero-order chi connectivity index (χ0) is 20.7. The van der Waals surface area contributed by atoms with Crippen molar-refractivity contribution in [1.82, 2.24) is 5.01 Å². The van der Waals surface area contributed by atoms with Crippen molar-refractivity contribution in [2.75, 3.05) is 0 Å². The Labute approximate surface area is 177 Å². The Morgan fingerprint density at radius 3 is 2.43 bits per heavy atom. The molecule has 2 aliphatic heterocycles. The Kier molecular flexibility index (Phi) is 4.79. The summed E-state index contributed by atoms with van der Waals surface area (Å²) in [7, 11) is 0. The molecule has 0 radical (unpaired) electrons. The van der Waals surface area contributed by atoms with Crippen molar-refractivity contribution in [3.63, 3.8) is 0 Å². The molecular weight excluding hydrogens is 410 g/mol. The summed E-state index contributed by atoms with van der Waals surface area (Å²) in [6.07, 6.45) is -0.0271. The Balaban J connectivity index is 1.59. The van der Waals surface area contributed by atoms with Gasteiger partial charge in [-0.1, -0.05) is 54.1 Å². The topological polar surface area (TPSA) is 34.1 Å². The molecular formula is C23H17ClF2N2O2. The average molecular weight is 427 g/mol. The van der Waals surface area contributed by atoms with Gasteiger partial charge in [-0.15, -0.1) is 0 Å². The van der Waals surface area contributed by atoms with Gasteiger partial charge in [0.25, 0.3) is 0 Å². The second-order valence-electron chi connectivity index (χ2n) is 7.08. The van der Waals surface area contributed by atoms with Gasteiger partial charge in [-0.05, 0) is 35.9 Å². The number of halogens is 3. The summed E-state index contributed by atoms with van der Waals surface area (Å²) < 4.78 is 36.9. The largest absolute Gasteiger partial charge is 0.464 e. The minimum Gasteiger partial charge on any atom is -0.464 e. The maximum atomic E-state index is 13.0. The first kappa shape index (κ1) is 18.9. The van der Waals surface area contributed by atoms with Gasteiger partial charge in [0.15, 0.2) is 0 Å². The van der Waals surface area contributed by atoms with Crippen LogP contribution in [0.2, 0.25) is 5.02 Å². The van der Waals surface area contributed by atoms with E-state index in [1.54, 1.807) is 18.2 Å². The molecule has 0 fully saturated rings. The number of hydrazone groups is 1. The highest BCUT2D eigenvalue weighted by Gasteiger charge is 2.41. The molecule has 2 heterocycles. The lowest BCUT2D eigenvalue weighted by Crippen LogP contribution is -2.34. The van der Waals surface area contributed by atoms with E-state index in [4.69, 9.17) is 26.2 Å². The van der Waals surface area contributed by atoms with Gasteiger partial charge in [0.1, 0.15) is 11.5 Å². The number of fused-ring (bicyclic) bond motifs is 3. The Hall–Kier alpha value is -3.12. The number of rotatable bonds is 4. The van der Waals surface area contributed by atoms with Crippen LogP contribution < -0.4 is 9.47 Å². The molecule has 3 aromatic carbocycles. The summed E-state index contributed by atoms with van der Waals surface area (Å²) in [5.74, 6) is 0.786. The number of hydrogen-bond acceptors (Lipinski definition) is 4. The van der Waals surface area contributed by atoms with E-state index in [-0.39, 0.29) is 11.8 Å². The van der Waals surface area contributed by atoms with Gasteiger partial charge >= 0.3 is 6.61 Å². The normalized spacial score (nSPS) is 19.7. The molecule has 152 valence electrons. The van der Waals surface area contributed by atoms with Crippen molar-refractivity contribution in [2.24, 2.45) is 5.10 Å². The predicted molar refractivity (Wildman–Crippen MR) is 110 cm³/mol. The van der Waals surface area contributed by atoms with Crippen LogP contribution in [0, 0.1) is 0 Å². The molecule has 7 heteroatoms. The summed E-state index contributed by atoms with van der Waals surface area (Å²) in [5.41, 5.74) is 3.35. The second kappa shape index (κ2) is 7.61. The SMILES string of the molecule is FC(F)Oc1ccccc1C1Oc2ccccc2C2CC(c3ccc(Cl)cc3)=NN21. The highest BCUT2D eigenvalue weighted by atomic mass is 35.5. The van der Waals surface area contributed by atoms with Crippen molar-refractivity contribution in [3.05, 3.63) is 94.5 Å². The molecule has 5 rings (SSSR count). The molecule has 30 heavy (non-hydrogen) atoms. The second-order valence-corrected chi connectivity index (χ2v) is 7.51. The molecule has 0 saturated heterocycles. The van der Waals surface area contributed by atoms with Gasteiger partial charge in [0, 0.05) is 17.0 Å². The fourth-order valence-corrected chi connectivity index (χ4v) is 4.07. The number of nitrogens with zero attached hydrogens (tertiary/aromatic N) is 2. The van der Waals surface area contributed by atoms with Crippen LogP contribution >= 0.6 is 11.6 Å². The lowest BCUT2D eigenvalue weighted by Gasteiger charge is -2.38. The fourth-order valence-electron chi connectivity index (χ4n) is 3.94. The van der Waals surface area contributed by atoms with E-state index < -0.39 is 12.8 Å². The molecule has 0 amide bonds. The van der Waals surface area contributed by atoms with Crippen LogP contribution in [0.1, 0.15) is 35.4 Å². The van der Waals surface area contributed by atoms with Gasteiger partial charge in [0.05, 0.1) is 17.3 Å². The Bertz CT molecular complexity index is 1100. The molecule has 2 aliphatic rings. The third kappa shape index (κ3) is 3.37. The number of benzene rings is 3. The van der Waals surface area contributed by atoms with Gasteiger partial charge in [-0.2, -0.15) is 13.9 Å². The number of hydrogen-bond donors (Lipinski definition) is 0. The highest BCUT2D eigenvalue weighted by molar-refractivity contribution is 6.30. The maximum absolute atomic E-state index is 13.0. The van der Waals surface area contributed by atoms with Crippen LogP contribution in [0.25, 0.3) is 0 Å². The minimum atomic E-state index is -2.93.